The maximum absolute atomic E-state index is 11.6. The SMILES string of the molecule is Cc1nc(C)c([C@H](C)NC(=O)NCC2CC2)s1. The molecule has 5 heteroatoms. The highest BCUT2D eigenvalue weighted by molar-refractivity contribution is 7.11. The lowest BCUT2D eigenvalue weighted by atomic mass is 10.2. The fourth-order valence-electron chi connectivity index (χ4n) is 1.82. The van der Waals surface area contributed by atoms with Gasteiger partial charge in [0.25, 0.3) is 0 Å². The quantitative estimate of drug-likeness (QED) is 0.866. The maximum atomic E-state index is 11.6. The minimum absolute atomic E-state index is 0.0282. The minimum Gasteiger partial charge on any atom is -0.338 e. The zero-order valence-electron chi connectivity index (χ0n) is 10.5. The number of hydrogen-bond donors (Lipinski definition) is 2. The first-order valence-electron chi connectivity index (χ1n) is 6.04. The first kappa shape index (κ1) is 12.4. The first-order chi connectivity index (χ1) is 8.06. The molecular weight excluding hydrogens is 234 g/mol. The van der Waals surface area contributed by atoms with Gasteiger partial charge in [-0.3, -0.25) is 0 Å². The Bertz CT molecular complexity index is 412. The van der Waals surface area contributed by atoms with Crippen LogP contribution in [-0.2, 0) is 0 Å². The summed E-state index contributed by atoms with van der Waals surface area (Å²) in [6.07, 6.45) is 2.51. The molecule has 0 unspecified atom stereocenters. The van der Waals surface area contributed by atoms with Gasteiger partial charge in [0.1, 0.15) is 0 Å². The van der Waals surface area contributed by atoms with Crippen molar-refractivity contribution in [1.82, 2.24) is 15.6 Å². The standard InChI is InChI=1S/C12H19N3OS/c1-7-11(17-9(3)14-7)8(2)15-12(16)13-6-10-4-5-10/h8,10H,4-6H2,1-3H3,(H2,13,15,16)/t8-/m0/s1. The minimum atomic E-state index is -0.0742. The van der Waals surface area contributed by atoms with Gasteiger partial charge in [-0.2, -0.15) is 0 Å². The fourth-order valence-corrected chi connectivity index (χ4v) is 2.75. The van der Waals surface area contributed by atoms with E-state index in [-0.39, 0.29) is 12.1 Å². The van der Waals surface area contributed by atoms with Crippen LogP contribution in [0.1, 0.15) is 41.4 Å². The molecule has 4 nitrogen and oxygen atoms in total. The highest BCUT2D eigenvalue weighted by atomic mass is 32.1. The number of amides is 2. The molecule has 1 heterocycles. The van der Waals surface area contributed by atoms with Crippen molar-refractivity contribution >= 4 is 17.4 Å². The van der Waals surface area contributed by atoms with Crippen LogP contribution in [-0.4, -0.2) is 17.6 Å². The number of rotatable bonds is 4. The Morgan fingerprint density at radius 2 is 2.24 bits per heavy atom. The summed E-state index contributed by atoms with van der Waals surface area (Å²) < 4.78 is 0. The number of hydrogen-bond acceptors (Lipinski definition) is 3. The summed E-state index contributed by atoms with van der Waals surface area (Å²) in [6.45, 7) is 6.77. The molecule has 17 heavy (non-hydrogen) atoms. The third-order valence-corrected chi connectivity index (χ3v) is 4.18. The lowest BCUT2D eigenvalue weighted by Crippen LogP contribution is -2.37. The van der Waals surface area contributed by atoms with E-state index in [0.29, 0.717) is 5.92 Å². The topological polar surface area (TPSA) is 54.0 Å². The molecule has 1 saturated carbocycles. The number of thiazole rings is 1. The molecule has 1 aromatic rings. The molecule has 0 spiro atoms. The van der Waals surface area contributed by atoms with Crippen LogP contribution in [0.15, 0.2) is 0 Å². The summed E-state index contributed by atoms with van der Waals surface area (Å²) in [5, 5.41) is 6.91. The number of carbonyl (C=O) groups excluding carboxylic acids is 1. The molecule has 1 aliphatic rings. The van der Waals surface area contributed by atoms with Crippen molar-refractivity contribution in [2.45, 2.75) is 39.7 Å². The van der Waals surface area contributed by atoms with Gasteiger partial charge in [0, 0.05) is 11.4 Å². The smallest absolute Gasteiger partial charge is 0.315 e. The predicted molar refractivity (Wildman–Crippen MR) is 69.3 cm³/mol. The predicted octanol–water partition coefficient (Wildman–Crippen LogP) is 2.53. The maximum Gasteiger partial charge on any atom is 0.315 e. The van der Waals surface area contributed by atoms with Gasteiger partial charge in [-0.1, -0.05) is 0 Å². The lowest BCUT2D eigenvalue weighted by Gasteiger charge is -2.13. The van der Waals surface area contributed by atoms with E-state index in [2.05, 4.69) is 15.6 Å². The van der Waals surface area contributed by atoms with Gasteiger partial charge in [0.15, 0.2) is 0 Å². The summed E-state index contributed by atoms with van der Waals surface area (Å²) in [5.41, 5.74) is 1.02. The Morgan fingerprint density at radius 1 is 1.53 bits per heavy atom. The van der Waals surface area contributed by atoms with Gasteiger partial charge in [0.2, 0.25) is 0 Å². The molecule has 0 bridgehead atoms. The normalized spacial score (nSPS) is 16.6. The Morgan fingerprint density at radius 3 is 2.76 bits per heavy atom. The number of nitrogens with one attached hydrogen (secondary N) is 2. The second kappa shape index (κ2) is 5.04. The summed E-state index contributed by atoms with van der Waals surface area (Å²) in [7, 11) is 0. The molecule has 1 aromatic heterocycles. The van der Waals surface area contributed by atoms with E-state index in [0.717, 1.165) is 22.1 Å². The van der Waals surface area contributed by atoms with E-state index in [1.165, 1.54) is 12.8 Å². The van der Waals surface area contributed by atoms with Gasteiger partial charge in [-0.15, -0.1) is 11.3 Å². The molecule has 0 aliphatic heterocycles. The monoisotopic (exact) mass is 253 g/mol. The Labute approximate surface area is 106 Å². The molecule has 0 radical (unpaired) electrons. The number of urea groups is 1. The number of nitrogens with zero attached hydrogens (tertiary/aromatic N) is 1. The molecule has 1 atom stereocenters. The molecule has 2 amide bonds. The summed E-state index contributed by atoms with van der Waals surface area (Å²) in [4.78, 5) is 17.2. The average Bonchev–Trinajstić information content (AvgIpc) is 3.01. The van der Waals surface area contributed by atoms with Gasteiger partial charge < -0.3 is 10.6 Å². The van der Waals surface area contributed by atoms with E-state index in [9.17, 15) is 4.79 Å². The summed E-state index contributed by atoms with van der Waals surface area (Å²) in [5.74, 6) is 0.712. The summed E-state index contributed by atoms with van der Waals surface area (Å²) >= 11 is 1.65. The van der Waals surface area contributed by atoms with Crippen molar-refractivity contribution in [2.24, 2.45) is 5.92 Å². The van der Waals surface area contributed by atoms with Crippen molar-refractivity contribution in [2.75, 3.05) is 6.54 Å². The molecule has 0 aromatic carbocycles. The van der Waals surface area contributed by atoms with E-state index >= 15 is 0 Å². The highest BCUT2D eigenvalue weighted by Crippen LogP contribution is 2.27. The van der Waals surface area contributed by atoms with Gasteiger partial charge >= 0.3 is 6.03 Å². The lowest BCUT2D eigenvalue weighted by molar-refractivity contribution is 0.237. The van der Waals surface area contributed by atoms with Crippen LogP contribution in [0.3, 0.4) is 0 Å². The van der Waals surface area contributed by atoms with Crippen LogP contribution in [0, 0.1) is 19.8 Å². The third-order valence-electron chi connectivity index (χ3n) is 2.93. The van der Waals surface area contributed by atoms with Crippen LogP contribution in [0.5, 0.6) is 0 Å². The van der Waals surface area contributed by atoms with Crippen LogP contribution < -0.4 is 10.6 Å². The Balaban J connectivity index is 1.84. The van der Waals surface area contributed by atoms with Gasteiger partial charge in [-0.25, -0.2) is 9.78 Å². The van der Waals surface area contributed by atoms with Crippen LogP contribution in [0.2, 0.25) is 0 Å². The van der Waals surface area contributed by atoms with E-state index in [4.69, 9.17) is 0 Å². The fraction of sp³-hybridized carbons (Fsp3) is 0.667. The van der Waals surface area contributed by atoms with Crippen molar-refractivity contribution < 1.29 is 4.79 Å². The molecule has 1 fully saturated rings. The molecule has 2 N–H and O–H groups in total. The van der Waals surface area contributed by atoms with E-state index < -0.39 is 0 Å². The van der Waals surface area contributed by atoms with E-state index in [1.807, 2.05) is 20.8 Å². The van der Waals surface area contributed by atoms with Crippen molar-refractivity contribution in [1.29, 1.82) is 0 Å². The van der Waals surface area contributed by atoms with Crippen LogP contribution in [0.4, 0.5) is 4.79 Å². The van der Waals surface area contributed by atoms with Crippen LogP contribution >= 0.6 is 11.3 Å². The molecule has 0 saturated heterocycles. The molecule has 1 aliphatic carbocycles. The van der Waals surface area contributed by atoms with Crippen molar-refractivity contribution in [3.05, 3.63) is 15.6 Å². The number of aromatic nitrogens is 1. The molecule has 2 rings (SSSR count). The number of aryl methyl sites for hydroxylation is 2. The highest BCUT2D eigenvalue weighted by Gasteiger charge is 2.22. The van der Waals surface area contributed by atoms with Crippen molar-refractivity contribution in [3.8, 4) is 0 Å². The van der Waals surface area contributed by atoms with Gasteiger partial charge in [0.05, 0.1) is 16.7 Å². The zero-order chi connectivity index (χ0) is 12.4. The number of carbonyl (C=O) groups is 1. The Hall–Kier alpha value is -1.10. The second-order valence-corrected chi connectivity index (χ2v) is 5.94. The van der Waals surface area contributed by atoms with E-state index in [1.54, 1.807) is 11.3 Å². The second-order valence-electron chi connectivity index (χ2n) is 4.70. The Kier molecular flexibility index (Phi) is 3.66. The average molecular weight is 253 g/mol. The first-order valence-corrected chi connectivity index (χ1v) is 6.86. The van der Waals surface area contributed by atoms with Crippen molar-refractivity contribution in [3.63, 3.8) is 0 Å². The molecule has 94 valence electrons. The molecular formula is C12H19N3OS. The summed E-state index contributed by atoms with van der Waals surface area (Å²) in [6, 6.07) is -0.0461. The third kappa shape index (κ3) is 3.43. The van der Waals surface area contributed by atoms with Crippen LogP contribution in [0.25, 0.3) is 0 Å². The van der Waals surface area contributed by atoms with Gasteiger partial charge in [-0.05, 0) is 39.5 Å². The largest absolute Gasteiger partial charge is 0.338 e. The zero-order valence-corrected chi connectivity index (χ0v) is 11.4.